The summed E-state index contributed by atoms with van der Waals surface area (Å²) in [6.07, 6.45) is 9.76. The summed E-state index contributed by atoms with van der Waals surface area (Å²) in [6.45, 7) is 3.93. The number of hydrogen-bond acceptors (Lipinski definition) is 3. The van der Waals surface area contributed by atoms with Crippen molar-refractivity contribution in [3.8, 4) is 0 Å². The van der Waals surface area contributed by atoms with Gasteiger partial charge in [0.2, 0.25) is 0 Å². The van der Waals surface area contributed by atoms with E-state index in [0.717, 1.165) is 9.80 Å². The van der Waals surface area contributed by atoms with E-state index < -0.39 is 0 Å². The summed E-state index contributed by atoms with van der Waals surface area (Å²) in [4.78, 5) is 12.2. The van der Waals surface area contributed by atoms with Crippen LogP contribution in [-0.2, 0) is 0 Å². The second-order valence-corrected chi connectivity index (χ2v) is 4.86. The highest BCUT2D eigenvalue weighted by Crippen LogP contribution is 2.28. The molecule has 18 heavy (non-hydrogen) atoms. The number of benzene rings is 1. The molecule has 0 saturated carbocycles. The van der Waals surface area contributed by atoms with Crippen LogP contribution in [0.5, 0.6) is 0 Å². The molecule has 94 valence electrons. The second-order valence-electron chi connectivity index (χ2n) is 3.54. The molecular formula is C14H15NO2S. The van der Waals surface area contributed by atoms with Gasteiger partial charge in [-0.05, 0) is 24.8 Å². The minimum Gasteiger partial charge on any atom is -0.258 e. The van der Waals surface area contributed by atoms with Crippen LogP contribution >= 0.6 is 11.8 Å². The third kappa shape index (κ3) is 5.01. The van der Waals surface area contributed by atoms with Gasteiger partial charge >= 0.3 is 0 Å². The van der Waals surface area contributed by atoms with Crippen molar-refractivity contribution in [3.63, 3.8) is 0 Å². The summed E-state index contributed by atoms with van der Waals surface area (Å²) in [5.41, 5.74) is 0.122. The monoisotopic (exact) mass is 261 g/mol. The summed E-state index contributed by atoms with van der Waals surface area (Å²) in [5, 5.41) is 10.6. The number of non-ortho nitro benzene ring substituents is 1. The van der Waals surface area contributed by atoms with Crippen LogP contribution in [-0.4, -0.2) is 4.92 Å². The standard InChI is InChI=1S/C14H15NO2S/c1-3-4-5-6-8-12(2)18-14-10-7-9-13(11-14)15(16)17/h3-11H,1-2H3/b4-3-,6-5-,12-8+. The Balaban J connectivity index is 2.72. The molecule has 0 aliphatic heterocycles. The van der Waals surface area contributed by atoms with E-state index in [1.54, 1.807) is 12.1 Å². The normalized spacial score (nSPS) is 12.4. The van der Waals surface area contributed by atoms with Gasteiger partial charge in [-0.1, -0.05) is 48.2 Å². The zero-order chi connectivity index (χ0) is 13.4. The number of nitrogens with zero attached hydrogens (tertiary/aromatic N) is 1. The number of rotatable bonds is 5. The van der Waals surface area contributed by atoms with Gasteiger partial charge in [0.15, 0.2) is 0 Å². The molecule has 0 atom stereocenters. The number of nitro benzene ring substituents is 1. The molecule has 0 fully saturated rings. The predicted octanol–water partition coefficient (Wildman–Crippen LogP) is 4.72. The quantitative estimate of drug-likeness (QED) is 0.333. The van der Waals surface area contributed by atoms with Gasteiger partial charge in [0.05, 0.1) is 4.92 Å². The Kier molecular flexibility index (Phi) is 5.94. The Morgan fingerprint density at radius 3 is 2.78 bits per heavy atom. The molecule has 4 heteroatoms. The Labute approximate surface area is 111 Å². The molecule has 0 radical (unpaired) electrons. The molecule has 0 bridgehead atoms. The molecule has 0 aromatic heterocycles. The first-order chi connectivity index (χ1) is 8.63. The number of hydrogen-bond donors (Lipinski definition) is 0. The molecule has 0 aliphatic carbocycles. The van der Waals surface area contributed by atoms with Crippen molar-refractivity contribution in [2.45, 2.75) is 18.7 Å². The smallest absolute Gasteiger partial charge is 0.258 e. The highest BCUT2D eigenvalue weighted by atomic mass is 32.2. The van der Waals surface area contributed by atoms with Crippen molar-refractivity contribution < 1.29 is 4.92 Å². The van der Waals surface area contributed by atoms with Crippen LogP contribution in [0.2, 0.25) is 0 Å². The Morgan fingerprint density at radius 2 is 2.11 bits per heavy atom. The van der Waals surface area contributed by atoms with Gasteiger partial charge in [-0.15, -0.1) is 0 Å². The van der Waals surface area contributed by atoms with Crippen LogP contribution < -0.4 is 0 Å². The van der Waals surface area contributed by atoms with Crippen molar-refractivity contribution in [3.05, 3.63) is 69.7 Å². The Hall–Kier alpha value is -1.81. The van der Waals surface area contributed by atoms with E-state index in [0.29, 0.717) is 0 Å². The number of nitro groups is 1. The first-order valence-corrected chi connectivity index (χ1v) is 6.33. The molecule has 0 saturated heterocycles. The Morgan fingerprint density at radius 1 is 1.33 bits per heavy atom. The van der Waals surface area contributed by atoms with Gasteiger partial charge in [0.25, 0.3) is 5.69 Å². The molecule has 0 heterocycles. The highest BCUT2D eigenvalue weighted by Gasteiger charge is 2.05. The minimum atomic E-state index is -0.380. The second kappa shape index (κ2) is 7.50. The van der Waals surface area contributed by atoms with Crippen LogP contribution in [0.4, 0.5) is 5.69 Å². The van der Waals surface area contributed by atoms with Crippen LogP contribution in [0, 0.1) is 10.1 Å². The summed E-state index contributed by atoms with van der Waals surface area (Å²) in [6, 6.07) is 6.64. The molecule has 0 spiro atoms. The van der Waals surface area contributed by atoms with Crippen molar-refractivity contribution in [2.24, 2.45) is 0 Å². The largest absolute Gasteiger partial charge is 0.270 e. The van der Waals surface area contributed by atoms with Gasteiger partial charge < -0.3 is 0 Å². The minimum absolute atomic E-state index is 0.122. The molecule has 1 rings (SSSR count). The summed E-state index contributed by atoms with van der Waals surface area (Å²) >= 11 is 1.51. The lowest BCUT2D eigenvalue weighted by Gasteiger charge is -2.00. The fourth-order valence-electron chi connectivity index (χ4n) is 1.25. The maximum absolute atomic E-state index is 10.6. The van der Waals surface area contributed by atoms with Crippen LogP contribution in [0.1, 0.15) is 13.8 Å². The fraction of sp³-hybridized carbons (Fsp3) is 0.143. The van der Waals surface area contributed by atoms with Gasteiger partial charge in [-0.2, -0.15) is 0 Å². The van der Waals surface area contributed by atoms with E-state index >= 15 is 0 Å². The molecule has 0 unspecified atom stereocenters. The van der Waals surface area contributed by atoms with Crippen molar-refractivity contribution >= 4 is 17.4 Å². The summed E-state index contributed by atoms with van der Waals surface area (Å²) < 4.78 is 0. The number of allylic oxidation sites excluding steroid dienone is 6. The summed E-state index contributed by atoms with van der Waals surface area (Å²) in [7, 11) is 0. The molecule has 1 aromatic carbocycles. The average Bonchev–Trinajstić information content (AvgIpc) is 2.35. The van der Waals surface area contributed by atoms with E-state index in [1.165, 1.54) is 17.8 Å². The average molecular weight is 261 g/mol. The first-order valence-electron chi connectivity index (χ1n) is 5.52. The lowest BCUT2D eigenvalue weighted by Crippen LogP contribution is -1.87. The maximum atomic E-state index is 10.6. The molecule has 3 nitrogen and oxygen atoms in total. The van der Waals surface area contributed by atoms with E-state index in [4.69, 9.17) is 0 Å². The topological polar surface area (TPSA) is 43.1 Å². The van der Waals surface area contributed by atoms with E-state index in [1.807, 2.05) is 50.3 Å². The van der Waals surface area contributed by atoms with E-state index in [9.17, 15) is 10.1 Å². The van der Waals surface area contributed by atoms with Gasteiger partial charge in [0, 0.05) is 17.0 Å². The molecule has 0 N–H and O–H groups in total. The third-order valence-electron chi connectivity index (χ3n) is 2.05. The lowest BCUT2D eigenvalue weighted by molar-refractivity contribution is -0.385. The zero-order valence-electron chi connectivity index (χ0n) is 10.4. The Bertz CT molecular complexity index is 504. The number of thioether (sulfide) groups is 1. The van der Waals surface area contributed by atoms with Crippen molar-refractivity contribution in [2.75, 3.05) is 0 Å². The summed E-state index contributed by atoms with van der Waals surface area (Å²) in [5.74, 6) is 0. The fourth-order valence-corrected chi connectivity index (χ4v) is 2.09. The lowest BCUT2D eigenvalue weighted by atomic mass is 10.3. The van der Waals surface area contributed by atoms with Crippen LogP contribution in [0.3, 0.4) is 0 Å². The predicted molar refractivity (Wildman–Crippen MR) is 76.7 cm³/mol. The maximum Gasteiger partial charge on any atom is 0.270 e. The first kappa shape index (κ1) is 14.3. The van der Waals surface area contributed by atoms with Gasteiger partial charge in [-0.25, -0.2) is 0 Å². The van der Waals surface area contributed by atoms with Gasteiger partial charge in [-0.3, -0.25) is 10.1 Å². The van der Waals surface area contributed by atoms with Crippen LogP contribution in [0.25, 0.3) is 0 Å². The van der Waals surface area contributed by atoms with Crippen LogP contribution in [0.15, 0.2) is 64.4 Å². The molecular weight excluding hydrogens is 246 g/mol. The van der Waals surface area contributed by atoms with Gasteiger partial charge in [0.1, 0.15) is 0 Å². The third-order valence-corrected chi connectivity index (χ3v) is 3.00. The molecule has 0 amide bonds. The zero-order valence-corrected chi connectivity index (χ0v) is 11.2. The van der Waals surface area contributed by atoms with E-state index in [-0.39, 0.29) is 10.6 Å². The van der Waals surface area contributed by atoms with Crippen molar-refractivity contribution in [1.82, 2.24) is 0 Å². The highest BCUT2D eigenvalue weighted by molar-refractivity contribution is 8.03. The molecule has 0 aliphatic rings. The van der Waals surface area contributed by atoms with Crippen molar-refractivity contribution in [1.29, 1.82) is 0 Å². The van der Waals surface area contributed by atoms with E-state index in [2.05, 4.69) is 0 Å². The molecule has 1 aromatic rings. The SMILES string of the molecule is C\C=C/C=C\C=C(/C)Sc1cccc([N+](=O)[O-])c1.